The van der Waals surface area contributed by atoms with E-state index < -0.39 is 0 Å². The Hall–Kier alpha value is -1.77. The number of thioether (sulfide) groups is 1. The average Bonchev–Trinajstić information content (AvgIpc) is 3.30. The maximum absolute atomic E-state index is 6.24. The standard InChI is InChI=1S/C19H20Cl2N6OS/c20-12-4-7-14(15(21)10-12)17-23-22-16(28-17)11-29-19-25-24-18(27(19)13-5-6-13)26-8-2-1-3-9-26/h4,7,10,13H,1-3,5-6,8-9,11H2. The average molecular weight is 451 g/mol. The van der Waals surface area contributed by atoms with Crippen molar-refractivity contribution in [3.8, 4) is 11.5 Å². The molecule has 0 spiro atoms. The van der Waals surface area contributed by atoms with Crippen LogP contribution in [0.2, 0.25) is 10.0 Å². The van der Waals surface area contributed by atoms with E-state index in [2.05, 4.69) is 29.9 Å². The summed E-state index contributed by atoms with van der Waals surface area (Å²) in [5.74, 6) is 2.46. The van der Waals surface area contributed by atoms with Gasteiger partial charge >= 0.3 is 0 Å². The molecule has 0 atom stereocenters. The maximum Gasteiger partial charge on any atom is 0.249 e. The molecule has 2 fully saturated rings. The second-order valence-electron chi connectivity index (χ2n) is 7.35. The summed E-state index contributed by atoms with van der Waals surface area (Å²) in [6.07, 6.45) is 6.11. The molecular weight excluding hydrogens is 431 g/mol. The van der Waals surface area contributed by atoms with Crippen molar-refractivity contribution in [3.05, 3.63) is 34.1 Å². The minimum absolute atomic E-state index is 0.389. The molecular formula is C19H20Cl2N6OS. The number of rotatable bonds is 6. The van der Waals surface area contributed by atoms with Gasteiger partial charge in [0.1, 0.15) is 0 Å². The zero-order chi connectivity index (χ0) is 19.8. The van der Waals surface area contributed by atoms with Crippen molar-refractivity contribution in [2.24, 2.45) is 0 Å². The molecule has 1 aliphatic carbocycles. The zero-order valence-electron chi connectivity index (χ0n) is 15.7. The number of nitrogens with zero attached hydrogens (tertiary/aromatic N) is 6. The number of piperidine rings is 1. The number of hydrogen-bond donors (Lipinski definition) is 0. The van der Waals surface area contributed by atoms with E-state index in [1.165, 1.54) is 32.1 Å². The largest absolute Gasteiger partial charge is 0.420 e. The smallest absolute Gasteiger partial charge is 0.249 e. The monoisotopic (exact) mass is 450 g/mol. The van der Waals surface area contributed by atoms with Crippen LogP contribution in [-0.4, -0.2) is 38.1 Å². The van der Waals surface area contributed by atoms with Crippen LogP contribution in [0.5, 0.6) is 0 Å². The minimum atomic E-state index is 0.389. The van der Waals surface area contributed by atoms with Crippen molar-refractivity contribution < 1.29 is 4.42 Å². The number of aromatic nitrogens is 5. The summed E-state index contributed by atoms with van der Waals surface area (Å²) >= 11 is 13.8. The first-order valence-corrected chi connectivity index (χ1v) is 11.5. The molecule has 2 aliphatic rings. The highest BCUT2D eigenvalue weighted by molar-refractivity contribution is 7.98. The topological polar surface area (TPSA) is 72.9 Å². The van der Waals surface area contributed by atoms with Crippen LogP contribution in [0, 0.1) is 0 Å². The summed E-state index contributed by atoms with van der Waals surface area (Å²) < 4.78 is 8.11. The Balaban J connectivity index is 1.32. The molecule has 3 heterocycles. The number of benzene rings is 1. The summed E-state index contributed by atoms with van der Waals surface area (Å²) in [7, 11) is 0. The van der Waals surface area contributed by atoms with E-state index in [4.69, 9.17) is 27.6 Å². The highest BCUT2D eigenvalue weighted by Crippen LogP contribution is 2.42. The molecule has 1 saturated carbocycles. The normalized spacial score (nSPS) is 17.1. The van der Waals surface area contributed by atoms with Gasteiger partial charge in [-0.05, 0) is 50.3 Å². The number of anilines is 1. The SMILES string of the molecule is Clc1ccc(-c2nnc(CSc3nnc(N4CCCCC4)n3C3CC3)o2)c(Cl)c1. The van der Waals surface area contributed by atoms with Crippen molar-refractivity contribution in [3.63, 3.8) is 0 Å². The van der Waals surface area contributed by atoms with Crippen molar-refractivity contribution in [1.82, 2.24) is 25.0 Å². The summed E-state index contributed by atoms with van der Waals surface area (Å²) in [5.41, 5.74) is 0.674. The number of hydrogen-bond acceptors (Lipinski definition) is 7. The zero-order valence-corrected chi connectivity index (χ0v) is 18.1. The van der Waals surface area contributed by atoms with Crippen molar-refractivity contribution in [1.29, 1.82) is 0 Å². The Morgan fingerprint density at radius 1 is 1.03 bits per heavy atom. The van der Waals surface area contributed by atoms with Gasteiger partial charge in [-0.3, -0.25) is 4.57 Å². The highest BCUT2D eigenvalue weighted by Gasteiger charge is 2.32. The van der Waals surface area contributed by atoms with Gasteiger partial charge in [-0.25, -0.2) is 0 Å². The molecule has 29 heavy (non-hydrogen) atoms. The molecule has 1 aromatic carbocycles. The minimum Gasteiger partial charge on any atom is -0.420 e. The van der Waals surface area contributed by atoms with E-state index in [0.29, 0.717) is 39.2 Å². The first-order valence-electron chi connectivity index (χ1n) is 9.79. The number of halogens is 2. The van der Waals surface area contributed by atoms with Gasteiger partial charge in [0.2, 0.25) is 17.7 Å². The molecule has 0 N–H and O–H groups in total. The van der Waals surface area contributed by atoms with E-state index in [0.717, 1.165) is 24.2 Å². The van der Waals surface area contributed by atoms with Crippen LogP contribution < -0.4 is 4.90 Å². The van der Waals surface area contributed by atoms with Gasteiger partial charge in [0, 0.05) is 24.2 Å². The molecule has 10 heteroatoms. The van der Waals surface area contributed by atoms with E-state index in [-0.39, 0.29) is 0 Å². The summed E-state index contributed by atoms with van der Waals surface area (Å²) in [5, 5.41) is 19.2. The van der Waals surface area contributed by atoms with Crippen LogP contribution in [-0.2, 0) is 5.75 Å². The van der Waals surface area contributed by atoms with Gasteiger partial charge in [0.05, 0.1) is 16.3 Å². The van der Waals surface area contributed by atoms with Crippen molar-refractivity contribution in [2.75, 3.05) is 18.0 Å². The molecule has 1 saturated heterocycles. The summed E-state index contributed by atoms with van der Waals surface area (Å²) in [6, 6.07) is 5.71. The lowest BCUT2D eigenvalue weighted by Crippen LogP contribution is -2.31. The molecule has 0 bridgehead atoms. The third kappa shape index (κ3) is 4.11. The predicted octanol–water partition coefficient (Wildman–Crippen LogP) is 5.25. The fourth-order valence-electron chi connectivity index (χ4n) is 3.54. The predicted molar refractivity (Wildman–Crippen MR) is 114 cm³/mol. The Morgan fingerprint density at radius 2 is 1.86 bits per heavy atom. The van der Waals surface area contributed by atoms with Gasteiger partial charge < -0.3 is 9.32 Å². The molecule has 0 unspecified atom stereocenters. The molecule has 152 valence electrons. The molecule has 5 rings (SSSR count). The molecule has 1 aliphatic heterocycles. The summed E-state index contributed by atoms with van der Waals surface area (Å²) in [4.78, 5) is 2.37. The van der Waals surface area contributed by atoms with Crippen LogP contribution in [0.1, 0.15) is 44.0 Å². The second kappa shape index (κ2) is 8.16. The molecule has 2 aromatic heterocycles. The molecule has 3 aromatic rings. The van der Waals surface area contributed by atoms with E-state index in [1.807, 2.05) is 0 Å². The van der Waals surface area contributed by atoms with Crippen molar-refractivity contribution >= 4 is 40.9 Å². The van der Waals surface area contributed by atoms with Crippen LogP contribution >= 0.6 is 35.0 Å². The molecule has 0 amide bonds. The van der Waals surface area contributed by atoms with Gasteiger partial charge in [0.15, 0.2) is 5.16 Å². The fourth-order valence-corrected chi connectivity index (χ4v) is 4.87. The van der Waals surface area contributed by atoms with Crippen LogP contribution in [0.15, 0.2) is 27.8 Å². The third-order valence-electron chi connectivity index (χ3n) is 5.15. The van der Waals surface area contributed by atoms with Crippen LogP contribution in [0.25, 0.3) is 11.5 Å². The summed E-state index contributed by atoms with van der Waals surface area (Å²) in [6.45, 7) is 2.12. The van der Waals surface area contributed by atoms with Gasteiger partial charge in [-0.1, -0.05) is 35.0 Å². The Labute approximate surface area is 182 Å². The Kier molecular flexibility index (Phi) is 5.41. The van der Waals surface area contributed by atoms with E-state index in [9.17, 15) is 0 Å². The van der Waals surface area contributed by atoms with E-state index in [1.54, 1.807) is 30.0 Å². The Morgan fingerprint density at radius 3 is 2.62 bits per heavy atom. The first-order chi connectivity index (χ1) is 14.2. The molecule has 0 radical (unpaired) electrons. The first kappa shape index (κ1) is 19.2. The van der Waals surface area contributed by atoms with Gasteiger partial charge in [-0.2, -0.15) is 0 Å². The molecule has 7 nitrogen and oxygen atoms in total. The van der Waals surface area contributed by atoms with Crippen LogP contribution in [0.4, 0.5) is 5.95 Å². The van der Waals surface area contributed by atoms with Crippen molar-refractivity contribution in [2.45, 2.75) is 49.1 Å². The Bertz CT molecular complexity index is 1010. The van der Waals surface area contributed by atoms with Gasteiger partial charge in [-0.15, -0.1) is 20.4 Å². The second-order valence-corrected chi connectivity index (χ2v) is 9.13. The van der Waals surface area contributed by atoms with E-state index >= 15 is 0 Å². The lowest BCUT2D eigenvalue weighted by Gasteiger charge is -2.27. The van der Waals surface area contributed by atoms with Gasteiger partial charge in [0.25, 0.3) is 0 Å². The van der Waals surface area contributed by atoms with Crippen LogP contribution in [0.3, 0.4) is 0 Å². The lowest BCUT2D eigenvalue weighted by atomic mass is 10.1. The third-order valence-corrected chi connectivity index (χ3v) is 6.63. The maximum atomic E-state index is 6.24. The quantitative estimate of drug-likeness (QED) is 0.474. The fraction of sp³-hybridized carbons (Fsp3) is 0.474. The highest BCUT2D eigenvalue weighted by atomic mass is 35.5. The lowest BCUT2D eigenvalue weighted by molar-refractivity contribution is 0.527.